The summed E-state index contributed by atoms with van der Waals surface area (Å²) in [6.07, 6.45) is 5.22. The Balaban J connectivity index is 2.00. The highest BCUT2D eigenvalue weighted by atomic mass is 16.5. The van der Waals surface area contributed by atoms with Crippen molar-refractivity contribution in [3.63, 3.8) is 0 Å². The van der Waals surface area contributed by atoms with Gasteiger partial charge in [-0.05, 0) is 50.9 Å². The van der Waals surface area contributed by atoms with Crippen molar-refractivity contribution in [3.8, 4) is 5.75 Å². The second kappa shape index (κ2) is 7.81. The second-order valence-electron chi connectivity index (χ2n) is 6.48. The summed E-state index contributed by atoms with van der Waals surface area (Å²) in [4.78, 5) is 2.47. The molecule has 1 fully saturated rings. The van der Waals surface area contributed by atoms with Crippen molar-refractivity contribution in [1.82, 2.24) is 10.2 Å². The van der Waals surface area contributed by atoms with Crippen LogP contribution >= 0.6 is 0 Å². The Morgan fingerprint density at radius 1 is 1.24 bits per heavy atom. The van der Waals surface area contributed by atoms with Crippen LogP contribution in [0.4, 0.5) is 0 Å². The molecule has 0 bridgehead atoms. The summed E-state index contributed by atoms with van der Waals surface area (Å²) in [5.41, 5.74) is 1.78. The van der Waals surface area contributed by atoms with Crippen LogP contribution in [0.25, 0.3) is 0 Å². The molecule has 118 valence electrons. The summed E-state index contributed by atoms with van der Waals surface area (Å²) >= 11 is 0. The highest BCUT2D eigenvalue weighted by Crippen LogP contribution is 2.35. The molecule has 21 heavy (non-hydrogen) atoms. The van der Waals surface area contributed by atoms with Gasteiger partial charge >= 0.3 is 0 Å². The van der Waals surface area contributed by atoms with Gasteiger partial charge in [0.15, 0.2) is 0 Å². The molecule has 0 saturated carbocycles. The maximum Gasteiger partial charge on any atom is 0.123 e. The van der Waals surface area contributed by atoms with Crippen LogP contribution in [0, 0.1) is 5.41 Å². The van der Waals surface area contributed by atoms with Crippen molar-refractivity contribution in [3.05, 3.63) is 29.8 Å². The largest absolute Gasteiger partial charge is 0.496 e. The standard InChI is InChI=1S/C18H30N2O/c1-4-9-18(10-12-19-13-11-18)15-20(2)14-16-7-5-6-8-17(16)21-3/h5-8,19H,4,9-15H2,1-3H3. The molecule has 0 aromatic heterocycles. The third kappa shape index (κ3) is 4.45. The monoisotopic (exact) mass is 290 g/mol. The predicted molar refractivity (Wildman–Crippen MR) is 88.8 cm³/mol. The SMILES string of the molecule is CCCC1(CN(C)Cc2ccccc2OC)CCNCC1. The highest BCUT2D eigenvalue weighted by molar-refractivity contribution is 5.33. The van der Waals surface area contributed by atoms with E-state index in [1.54, 1.807) is 7.11 Å². The molecular formula is C18H30N2O. The zero-order valence-electron chi connectivity index (χ0n) is 13.8. The second-order valence-corrected chi connectivity index (χ2v) is 6.48. The molecule has 1 aliphatic rings. The van der Waals surface area contributed by atoms with E-state index in [0.29, 0.717) is 5.41 Å². The lowest BCUT2D eigenvalue weighted by molar-refractivity contribution is 0.112. The van der Waals surface area contributed by atoms with Gasteiger partial charge in [0.1, 0.15) is 5.75 Å². The van der Waals surface area contributed by atoms with Crippen LogP contribution in [0.2, 0.25) is 0 Å². The van der Waals surface area contributed by atoms with Crippen LogP contribution in [0.5, 0.6) is 5.75 Å². The summed E-state index contributed by atoms with van der Waals surface area (Å²) in [6, 6.07) is 8.35. The molecule has 0 spiro atoms. The van der Waals surface area contributed by atoms with E-state index in [-0.39, 0.29) is 0 Å². The summed E-state index contributed by atoms with van der Waals surface area (Å²) in [5, 5.41) is 3.50. The number of hydrogen-bond acceptors (Lipinski definition) is 3. The molecule has 0 unspecified atom stereocenters. The van der Waals surface area contributed by atoms with Crippen LogP contribution in [0.15, 0.2) is 24.3 Å². The van der Waals surface area contributed by atoms with Crippen molar-refractivity contribution < 1.29 is 4.74 Å². The van der Waals surface area contributed by atoms with Crippen LogP contribution < -0.4 is 10.1 Å². The molecule has 0 radical (unpaired) electrons. The van der Waals surface area contributed by atoms with E-state index in [1.165, 1.54) is 50.9 Å². The zero-order chi connectivity index (χ0) is 15.1. The average molecular weight is 290 g/mol. The van der Waals surface area contributed by atoms with Gasteiger partial charge in [-0.25, -0.2) is 0 Å². The molecule has 1 heterocycles. The van der Waals surface area contributed by atoms with Gasteiger partial charge in [-0.2, -0.15) is 0 Å². The molecule has 3 heteroatoms. The van der Waals surface area contributed by atoms with E-state index in [2.05, 4.69) is 42.4 Å². The molecule has 0 amide bonds. The number of nitrogens with one attached hydrogen (secondary N) is 1. The molecule has 0 aliphatic carbocycles. The van der Waals surface area contributed by atoms with Gasteiger partial charge in [-0.15, -0.1) is 0 Å². The Kier molecular flexibility index (Phi) is 6.07. The number of hydrogen-bond donors (Lipinski definition) is 1. The Morgan fingerprint density at radius 3 is 2.62 bits per heavy atom. The number of benzene rings is 1. The third-order valence-corrected chi connectivity index (χ3v) is 4.68. The minimum Gasteiger partial charge on any atom is -0.496 e. The van der Waals surface area contributed by atoms with Gasteiger partial charge < -0.3 is 15.0 Å². The molecule has 1 N–H and O–H groups in total. The number of piperidine rings is 1. The van der Waals surface area contributed by atoms with Crippen molar-refractivity contribution in [2.45, 2.75) is 39.2 Å². The van der Waals surface area contributed by atoms with Crippen molar-refractivity contribution >= 4 is 0 Å². The lowest BCUT2D eigenvalue weighted by Crippen LogP contribution is -2.43. The number of ether oxygens (including phenoxy) is 1. The Morgan fingerprint density at radius 2 is 1.95 bits per heavy atom. The Labute approximate surface area is 129 Å². The minimum absolute atomic E-state index is 0.497. The molecule has 1 aromatic rings. The first-order valence-electron chi connectivity index (χ1n) is 8.20. The number of methoxy groups -OCH3 is 1. The lowest BCUT2D eigenvalue weighted by Gasteiger charge is -2.40. The van der Waals surface area contributed by atoms with Crippen molar-refractivity contribution in [1.29, 1.82) is 0 Å². The summed E-state index contributed by atoms with van der Waals surface area (Å²) in [5.74, 6) is 0.999. The zero-order valence-corrected chi connectivity index (χ0v) is 13.8. The fourth-order valence-electron chi connectivity index (χ4n) is 3.73. The first-order chi connectivity index (χ1) is 10.2. The van der Waals surface area contributed by atoms with Gasteiger partial charge in [0.05, 0.1) is 7.11 Å². The van der Waals surface area contributed by atoms with Gasteiger partial charge in [-0.1, -0.05) is 31.5 Å². The molecule has 2 rings (SSSR count). The number of para-hydroxylation sites is 1. The van der Waals surface area contributed by atoms with E-state index < -0.39 is 0 Å². The molecule has 1 aromatic carbocycles. The predicted octanol–water partition coefficient (Wildman–Crippen LogP) is 3.30. The first kappa shape index (κ1) is 16.3. The molecule has 3 nitrogen and oxygen atoms in total. The highest BCUT2D eigenvalue weighted by Gasteiger charge is 2.32. The van der Waals surface area contributed by atoms with Crippen LogP contribution in [-0.4, -0.2) is 38.7 Å². The van der Waals surface area contributed by atoms with Crippen LogP contribution in [0.1, 0.15) is 38.2 Å². The average Bonchev–Trinajstić information content (AvgIpc) is 2.48. The van der Waals surface area contributed by atoms with E-state index >= 15 is 0 Å². The van der Waals surface area contributed by atoms with Gasteiger partial charge in [0.25, 0.3) is 0 Å². The smallest absolute Gasteiger partial charge is 0.123 e. The van der Waals surface area contributed by atoms with E-state index in [1.807, 2.05) is 6.07 Å². The van der Waals surface area contributed by atoms with Crippen molar-refractivity contribution in [2.75, 3.05) is 33.8 Å². The van der Waals surface area contributed by atoms with Gasteiger partial charge in [0.2, 0.25) is 0 Å². The maximum atomic E-state index is 5.47. The van der Waals surface area contributed by atoms with Crippen LogP contribution in [-0.2, 0) is 6.54 Å². The molecule has 1 saturated heterocycles. The Bertz CT molecular complexity index is 421. The van der Waals surface area contributed by atoms with Gasteiger partial charge in [-0.3, -0.25) is 0 Å². The Hall–Kier alpha value is -1.06. The summed E-state index contributed by atoms with van der Waals surface area (Å²) in [7, 11) is 4.00. The quantitative estimate of drug-likeness (QED) is 0.834. The van der Waals surface area contributed by atoms with Crippen molar-refractivity contribution in [2.24, 2.45) is 5.41 Å². The molecular weight excluding hydrogens is 260 g/mol. The van der Waals surface area contributed by atoms with E-state index in [4.69, 9.17) is 4.74 Å². The van der Waals surface area contributed by atoms with Gasteiger partial charge in [0, 0.05) is 18.7 Å². The third-order valence-electron chi connectivity index (χ3n) is 4.68. The molecule has 1 aliphatic heterocycles. The maximum absolute atomic E-state index is 5.47. The van der Waals surface area contributed by atoms with E-state index in [9.17, 15) is 0 Å². The fraction of sp³-hybridized carbons (Fsp3) is 0.667. The normalized spacial score (nSPS) is 17.9. The number of rotatable bonds is 7. The summed E-state index contributed by atoms with van der Waals surface area (Å²) in [6.45, 7) is 6.79. The van der Waals surface area contributed by atoms with E-state index in [0.717, 1.165) is 12.3 Å². The fourth-order valence-corrected chi connectivity index (χ4v) is 3.73. The number of nitrogens with zero attached hydrogens (tertiary/aromatic N) is 1. The summed E-state index contributed by atoms with van der Waals surface area (Å²) < 4.78 is 5.47. The minimum atomic E-state index is 0.497. The lowest BCUT2D eigenvalue weighted by atomic mass is 9.75. The topological polar surface area (TPSA) is 24.5 Å². The van der Waals surface area contributed by atoms with Crippen LogP contribution in [0.3, 0.4) is 0 Å². The first-order valence-corrected chi connectivity index (χ1v) is 8.20. The molecule has 0 atom stereocenters.